The SMILES string of the molecule is NC(=O)[C@@H](CCCNC(N)=N[N+](=O)[O-])N(CCc1ccccc1)C(=O)C(c1ccccc1)c1ccccc1. The minimum Gasteiger partial charge on any atom is -0.368 e. The number of amides is 2. The molecule has 198 valence electrons. The van der Waals surface area contributed by atoms with Gasteiger partial charge in [-0.2, -0.15) is 0 Å². The summed E-state index contributed by atoms with van der Waals surface area (Å²) in [4.78, 5) is 39.0. The maximum absolute atomic E-state index is 14.3. The van der Waals surface area contributed by atoms with Crippen molar-refractivity contribution in [2.75, 3.05) is 13.1 Å². The minimum absolute atomic E-state index is 0.217. The minimum atomic E-state index is -0.897. The molecule has 10 heteroatoms. The van der Waals surface area contributed by atoms with Gasteiger partial charge in [-0.25, -0.2) is 10.1 Å². The second-order valence-corrected chi connectivity index (χ2v) is 8.73. The smallest absolute Gasteiger partial charge is 0.266 e. The third kappa shape index (κ3) is 8.16. The molecule has 0 spiro atoms. The van der Waals surface area contributed by atoms with Crippen LogP contribution in [0.25, 0.3) is 0 Å². The van der Waals surface area contributed by atoms with Gasteiger partial charge in [-0.3, -0.25) is 9.59 Å². The summed E-state index contributed by atoms with van der Waals surface area (Å²) in [5.41, 5.74) is 14.0. The summed E-state index contributed by atoms with van der Waals surface area (Å²) in [6.07, 6.45) is 1.15. The number of nitrogens with zero attached hydrogens (tertiary/aromatic N) is 3. The van der Waals surface area contributed by atoms with E-state index in [9.17, 15) is 19.7 Å². The number of nitrogens with one attached hydrogen (secondary N) is 1. The number of benzene rings is 3. The third-order valence-electron chi connectivity index (χ3n) is 6.13. The predicted octanol–water partition coefficient (Wildman–Crippen LogP) is 2.62. The molecule has 38 heavy (non-hydrogen) atoms. The second-order valence-electron chi connectivity index (χ2n) is 8.73. The van der Waals surface area contributed by atoms with Crippen molar-refractivity contribution in [3.8, 4) is 0 Å². The zero-order chi connectivity index (χ0) is 27.3. The van der Waals surface area contributed by atoms with Crippen LogP contribution in [0.4, 0.5) is 0 Å². The number of hydrogen-bond acceptors (Lipinski definition) is 4. The van der Waals surface area contributed by atoms with Crippen LogP contribution in [0.1, 0.15) is 35.4 Å². The zero-order valence-electron chi connectivity index (χ0n) is 21.0. The number of primary amides is 1. The summed E-state index contributed by atoms with van der Waals surface area (Å²) in [6.45, 7) is 0.499. The number of hydrazone groups is 1. The molecule has 0 saturated carbocycles. The molecule has 3 aromatic carbocycles. The summed E-state index contributed by atoms with van der Waals surface area (Å²) < 4.78 is 0. The lowest BCUT2D eigenvalue weighted by Gasteiger charge is -2.33. The van der Waals surface area contributed by atoms with E-state index in [2.05, 4.69) is 10.4 Å². The van der Waals surface area contributed by atoms with Crippen LogP contribution in [0.3, 0.4) is 0 Å². The van der Waals surface area contributed by atoms with Gasteiger partial charge < -0.3 is 21.7 Å². The topological polar surface area (TPSA) is 157 Å². The Morgan fingerprint density at radius 3 is 1.92 bits per heavy atom. The number of guanidine groups is 1. The van der Waals surface area contributed by atoms with Crippen molar-refractivity contribution in [3.05, 3.63) is 118 Å². The van der Waals surface area contributed by atoms with E-state index in [1.54, 1.807) is 4.90 Å². The van der Waals surface area contributed by atoms with Gasteiger partial charge >= 0.3 is 0 Å². The molecule has 0 radical (unpaired) electrons. The number of rotatable bonds is 13. The molecule has 0 fully saturated rings. The van der Waals surface area contributed by atoms with E-state index in [0.717, 1.165) is 16.7 Å². The maximum atomic E-state index is 14.3. The lowest BCUT2D eigenvalue weighted by atomic mass is 9.89. The second kappa shape index (κ2) is 14.1. The van der Waals surface area contributed by atoms with Gasteiger partial charge in [-0.05, 0) is 36.0 Å². The molecule has 0 aliphatic carbocycles. The molecule has 2 amide bonds. The van der Waals surface area contributed by atoms with Crippen molar-refractivity contribution in [1.82, 2.24) is 10.2 Å². The van der Waals surface area contributed by atoms with Crippen LogP contribution in [0.15, 0.2) is 96.1 Å². The van der Waals surface area contributed by atoms with E-state index in [0.29, 0.717) is 12.8 Å². The van der Waals surface area contributed by atoms with Gasteiger partial charge in [-0.1, -0.05) is 91.0 Å². The molecule has 0 saturated heterocycles. The molecule has 1 atom stereocenters. The molecule has 5 N–H and O–H groups in total. The van der Waals surface area contributed by atoms with Crippen LogP contribution >= 0.6 is 0 Å². The van der Waals surface area contributed by atoms with Gasteiger partial charge in [0.25, 0.3) is 5.96 Å². The Morgan fingerprint density at radius 2 is 1.42 bits per heavy atom. The molecule has 3 aromatic rings. The van der Waals surface area contributed by atoms with Crippen molar-refractivity contribution >= 4 is 17.8 Å². The normalized spacial score (nSPS) is 12.1. The van der Waals surface area contributed by atoms with E-state index < -0.39 is 22.9 Å². The summed E-state index contributed by atoms with van der Waals surface area (Å²) in [5.74, 6) is -1.82. The van der Waals surface area contributed by atoms with Crippen molar-refractivity contribution < 1.29 is 14.6 Å². The van der Waals surface area contributed by atoms with Crippen molar-refractivity contribution in [2.45, 2.75) is 31.2 Å². The first-order valence-electron chi connectivity index (χ1n) is 12.3. The average Bonchev–Trinajstić information content (AvgIpc) is 2.91. The number of nitrogens with two attached hydrogens (primary N) is 2. The Bertz CT molecular complexity index is 1180. The van der Waals surface area contributed by atoms with Crippen LogP contribution in [-0.4, -0.2) is 46.8 Å². The van der Waals surface area contributed by atoms with E-state index >= 15 is 0 Å². The number of carbonyl (C=O) groups is 2. The molecular weight excluding hydrogens is 484 g/mol. The molecule has 3 rings (SSSR count). The van der Waals surface area contributed by atoms with Crippen molar-refractivity contribution in [1.29, 1.82) is 0 Å². The third-order valence-corrected chi connectivity index (χ3v) is 6.13. The van der Waals surface area contributed by atoms with Gasteiger partial charge in [0.15, 0.2) is 5.03 Å². The summed E-state index contributed by atoms with van der Waals surface area (Å²) in [7, 11) is 0. The van der Waals surface area contributed by atoms with Gasteiger partial charge in [0.2, 0.25) is 11.8 Å². The van der Waals surface area contributed by atoms with E-state index in [-0.39, 0.29) is 31.4 Å². The van der Waals surface area contributed by atoms with Crippen molar-refractivity contribution in [3.63, 3.8) is 0 Å². The van der Waals surface area contributed by atoms with Gasteiger partial charge in [0.05, 0.1) is 5.92 Å². The average molecular weight is 517 g/mol. The standard InChI is InChI=1S/C28H32N6O4/c29-26(35)24(17-10-19-31-28(30)32-34(37)38)33(20-18-21-11-4-1-5-12-21)27(36)25(22-13-6-2-7-14-22)23-15-8-3-9-16-23/h1-9,11-16,24-25H,10,17-20H2,(H2,29,35)(H3,30,31,32)/t24-/m1/s1. The predicted molar refractivity (Wildman–Crippen MR) is 145 cm³/mol. The zero-order valence-corrected chi connectivity index (χ0v) is 21.0. The number of hydrogen-bond donors (Lipinski definition) is 3. The highest BCUT2D eigenvalue weighted by Crippen LogP contribution is 2.28. The van der Waals surface area contributed by atoms with Crippen LogP contribution < -0.4 is 16.8 Å². The Labute approximate surface area is 221 Å². The van der Waals surface area contributed by atoms with Crippen LogP contribution in [0, 0.1) is 10.1 Å². The quantitative estimate of drug-likeness (QED) is 0.104. The molecule has 0 aliphatic heterocycles. The molecule has 0 heterocycles. The number of nitro groups is 1. The molecule has 0 aromatic heterocycles. The Morgan fingerprint density at radius 1 is 0.895 bits per heavy atom. The monoisotopic (exact) mass is 516 g/mol. The van der Waals surface area contributed by atoms with Crippen LogP contribution in [0.2, 0.25) is 0 Å². The van der Waals surface area contributed by atoms with E-state index in [1.165, 1.54) is 0 Å². The molecule has 10 nitrogen and oxygen atoms in total. The lowest BCUT2D eigenvalue weighted by molar-refractivity contribution is -0.485. The summed E-state index contributed by atoms with van der Waals surface area (Å²) in [5, 5.41) is 15.2. The molecule has 0 bridgehead atoms. The van der Waals surface area contributed by atoms with Gasteiger partial charge in [-0.15, -0.1) is 0 Å². The Hall–Kier alpha value is -4.73. The largest absolute Gasteiger partial charge is 0.368 e. The highest BCUT2D eigenvalue weighted by Gasteiger charge is 2.34. The fourth-order valence-electron chi connectivity index (χ4n) is 4.34. The highest BCUT2D eigenvalue weighted by molar-refractivity contribution is 5.92. The summed E-state index contributed by atoms with van der Waals surface area (Å²) in [6, 6.07) is 27.7. The van der Waals surface area contributed by atoms with Gasteiger partial charge in [0, 0.05) is 13.1 Å². The Balaban J connectivity index is 1.90. The first-order valence-corrected chi connectivity index (χ1v) is 12.3. The maximum Gasteiger partial charge on any atom is 0.266 e. The molecule has 0 unspecified atom stereocenters. The molecule has 0 aliphatic rings. The fourth-order valence-corrected chi connectivity index (χ4v) is 4.34. The highest BCUT2D eigenvalue weighted by atomic mass is 16.7. The summed E-state index contributed by atoms with van der Waals surface area (Å²) >= 11 is 0. The first kappa shape index (κ1) is 27.9. The van der Waals surface area contributed by atoms with Crippen LogP contribution in [0.5, 0.6) is 0 Å². The Kier molecular flexibility index (Phi) is 10.3. The van der Waals surface area contributed by atoms with Gasteiger partial charge in [0.1, 0.15) is 11.1 Å². The number of carbonyl (C=O) groups excluding carboxylic acids is 2. The van der Waals surface area contributed by atoms with E-state index in [1.807, 2.05) is 91.0 Å². The lowest BCUT2D eigenvalue weighted by Crippen LogP contribution is -2.50. The molecular formula is C28H32N6O4. The first-order chi connectivity index (χ1) is 18.4. The van der Waals surface area contributed by atoms with E-state index in [4.69, 9.17) is 11.5 Å². The van der Waals surface area contributed by atoms with Crippen molar-refractivity contribution in [2.24, 2.45) is 16.6 Å². The van der Waals surface area contributed by atoms with Crippen LogP contribution in [-0.2, 0) is 16.0 Å². The fraction of sp³-hybridized carbons (Fsp3) is 0.250.